The molecule has 7 nitrogen and oxygen atoms in total. The Balaban J connectivity index is 1.64. The minimum absolute atomic E-state index is 0.0986. The van der Waals surface area contributed by atoms with Crippen molar-refractivity contribution in [3.05, 3.63) is 101 Å². The van der Waals surface area contributed by atoms with Gasteiger partial charge in [0.2, 0.25) is 11.8 Å². The molecule has 4 aromatic rings. The second-order valence-electron chi connectivity index (χ2n) is 8.63. The summed E-state index contributed by atoms with van der Waals surface area (Å²) in [6, 6.07) is 18.1. The maximum atomic E-state index is 15.1. The zero-order chi connectivity index (χ0) is 26.8. The molecule has 0 radical (unpaired) electrons. The molecule has 0 spiro atoms. The highest BCUT2D eigenvalue weighted by molar-refractivity contribution is 8.00. The summed E-state index contributed by atoms with van der Waals surface area (Å²) in [4.78, 5) is 28.4. The lowest BCUT2D eigenvalue weighted by atomic mass is 10.0. The molecule has 2 heterocycles. The number of anilines is 1. The normalized spacial score (nSPS) is 15.1. The van der Waals surface area contributed by atoms with Crippen LogP contribution in [0, 0.1) is 18.6 Å². The first-order valence-electron chi connectivity index (χ1n) is 11.8. The van der Waals surface area contributed by atoms with Crippen LogP contribution in [-0.4, -0.2) is 34.5 Å². The average molecular weight is 535 g/mol. The van der Waals surface area contributed by atoms with E-state index in [4.69, 9.17) is 4.74 Å². The topological polar surface area (TPSA) is 76.5 Å². The van der Waals surface area contributed by atoms with Gasteiger partial charge in [0.1, 0.15) is 28.5 Å². The molecule has 1 N–H and O–H groups in total. The zero-order valence-electron chi connectivity index (χ0n) is 20.7. The number of aryl methyl sites for hydroxylation is 1. The minimum atomic E-state index is -1.30. The molecule has 2 amide bonds. The Morgan fingerprint density at radius 2 is 1.84 bits per heavy atom. The van der Waals surface area contributed by atoms with E-state index in [1.54, 1.807) is 23.7 Å². The van der Waals surface area contributed by atoms with Gasteiger partial charge in [0.15, 0.2) is 0 Å². The first-order chi connectivity index (χ1) is 18.4. The number of halogens is 2. The van der Waals surface area contributed by atoms with Crippen LogP contribution in [0.3, 0.4) is 0 Å². The molecular weight excluding hydrogens is 510 g/mol. The van der Waals surface area contributed by atoms with Gasteiger partial charge in [-0.25, -0.2) is 13.5 Å². The van der Waals surface area contributed by atoms with Gasteiger partial charge in [-0.05, 0) is 37.3 Å². The summed E-state index contributed by atoms with van der Waals surface area (Å²) < 4.78 is 36.4. The summed E-state index contributed by atoms with van der Waals surface area (Å²) >= 11 is 1.20. The molecule has 1 aliphatic heterocycles. The van der Waals surface area contributed by atoms with Gasteiger partial charge in [0.25, 0.3) is 0 Å². The van der Waals surface area contributed by atoms with Crippen LogP contribution in [-0.2, 0) is 16.1 Å². The molecule has 1 aliphatic rings. The lowest BCUT2D eigenvalue weighted by Crippen LogP contribution is -2.44. The van der Waals surface area contributed by atoms with E-state index in [0.29, 0.717) is 22.0 Å². The number of para-hydroxylation sites is 2. The van der Waals surface area contributed by atoms with Gasteiger partial charge in [-0.2, -0.15) is 5.10 Å². The number of carbonyl (C=O) groups is 2. The number of fused-ring (bicyclic) bond motifs is 1. The van der Waals surface area contributed by atoms with Gasteiger partial charge in [-0.15, -0.1) is 0 Å². The maximum absolute atomic E-state index is 15.1. The van der Waals surface area contributed by atoms with Crippen molar-refractivity contribution in [2.24, 2.45) is 0 Å². The molecule has 0 unspecified atom stereocenters. The second-order valence-corrected chi connectivity index (χ2v) is 9.60. The van der Waals surface area contributed by atoms with Crippen molar-refractivity contribution in [1.29, 1.82) is 0 Å². The third-order valence-electron chi connectivity index (χ3n) is 6.26. The molecule has 0 fully saturated rings. The van der Waals surface area contributed by atoms with E-state index in [0.717, 1.165) is 34.3 Å². The number of hydrogen-bond donors (Lipinski definition) is 1. The second kappa shape index (κ2) is 10.7. The number of thioether (sulfide) groups is 1. The molecule has 0 saturated carbocycles. The van der Waals surface area contributed by atoms with Crippen molar-refractivity contribution in [2.75, 3.05) is 17.8 Å². The largest absolute Gasteiger partial charge is 0.496 e. The third kappa shape index (κ3) is 4.74. The summed E-state index contributed by atoms with van der Waals surface area (Å²) in [6.45, 7) is 1.83. The summed E-state index contributed by atoms with van der Waals surface area (Å²) in [5.41, 5.74) is 2.09. The Bertz CT molecular complexity index is 1510. The highest BCUT2D eigenvalue weighted by Crippen LogP contribution is 2.41. The Kier molecular flexibility index (Phi) is 7.15. The molecule has 0 saturated heterocycles. The number of ether oxygens (including phenoxy) is 1. The van der Waals surface area contributed by atoms with E-state index in [2.05, 4.69) is 10.4 Å². The fraction of sp³-hybridized carbons (Fsp3) is 0.179. The van der Waals surface area contributed by atoms with Crippen LogP contribution >= 0.6 is 11.8 Å². The molecule has 1 atom stereocenters. The van der Waals surface area contributed by atoms with E-state index >= 15 is 4.39 Å². The number of rotatable bonds is 6. The summed E-state index contributed by atoms with van der Waals surface area (Å²) in [7, 11) is 1.53. The summed E-state index contributed by atoms with van der Waals surface area (Å²) in [6.07, 6.45) is 0. The SMILES string of the molecule is COc1ccccc1CNC(=O)[C@@H]1c2c(C)nn(-c3ccccc3)c2SCC(=O)N1c1cc(F)ccc1F. The molecule has 10 heteroatoms. The van der Waals surface area contributed by atoms with Crippen molar-refractivity contribution in [1.82, 2.24) is 15.1 Å². The first kappa shape index (κ1) is 25.5. The van der Waals surface area contributed by atoms with Crippen molar-refractivity contribution in [3.63, 3.8) is 0 Å². The van der Waals surface area contributed by atoms with E-state index in [1.807, 2.05) is 42.5 Å². The number of benzene rings is 3. The van der Waals surface area contributed by atoms with Crippen molar-refractivity contribution >= 4 is 29.3 Å². The fourth-order valence-electron chi connectivity index (χ4n) is 4.51. The van der Waals surface area contributed by atoms with Gasteiger partial charge in [-0.1, -0.05) is 48.2 Å². The molecule has 0 bridgehead atoms. The number of aromatic nitrogens is 2. The van der Waals surface area contributed by atoms with E-state index in [-0.39, 0.29) is 18.0 Å². The van der Waals surface area contributed by atoms with Crippen molar-refractivity contribution in [2.45, 2.75) is 24.5 Å². The van der Waals surface area contributed by atoms with Gasteiger partial charge in [-0.3, -0.25) is 14.5 Å². The van der Waals surface area contributed by atoms with E-state index in [1.165, 1.54) is 18.9 Å². The standard InChI is InChI=1S/C28H24F2N4O3S/c1-17-25-26(27(36)31-15-18-8-6-7-11-23(18)37-2)33(22-14-19(29)12-13-21(22)30)24(35)16-38-28(25)34(32-17)20-9-4-3-5-10-20/h3-14,26H,15-16H2,1-2H3,(H,31,36)/t26-/m0/s1. The van der Waals surface area contributed by atoms with E-state index < -0.39 is 29.5 Å². The van der Waals surface area contributed by atoms with Crippen molar-refractivity contribution < 1.29 is 23.1 Å². The first-order valence-corrected chi connectivity index (χ1v) is 12.8. The summed E-state index contributed by atoms with van der Waals surface area (Å²) in [5.74, 6) is -2.15. The predicted octanol–water partition coefficient (Wildman–Crippen LogP) is 4.96. The number of amides is 2. The van der Waals surface area contributed by atoms with Crippen LogP contribution in [0.4, 0.5) is 14.5 Å². The highest BCUT2D eigenvalue weighted by Gasteiger charge is 2.41. The van der Waals surface area contributed by atoms with Gasteiger partial charge in [0, 0.05) is 23.7 Å². The smallest absolute Gasteiger partial charge is 0.248 e. The van der Waals surface area contributed by atoms with Crippen LogP contribution in [0.1, 0.15) is 22.9 Å². The Morgan fingerprint density at radius 1 is 1.11 bits per heavy atom. The Labute approximate surface area is 222 Å². The van der Waals surface area contributed by atoms with Crippen molar-refractivity contribution in [3.8, 4) is 11.4 Å². The monoisotopic (exact) mass is 534 g/mol. The van der Waals surface area contributed by atoms with E-state index in [9.17, 15) is 14.0 Å². The van der Waals surface area contributed by atoms with Crippen LogP contribution in [0.5, 0.6) is 5.75 Å². The lowest BCUT2D eigenvalue weighted by molar-refractivity contribution is -0.126. The zero-order valence-corrected chi connectivity index (χ0v) is 21.5. The van der Waals surface area contributed by atoms with Crippen LogP contribution < -0.4 is 15.0 Å². The number of methoxy groups -OCH3 is 1. The summed E-state index contributed by atoms with van der Waals surface area (Å²) in [5, 5.41) is 8.12. The predicted molar refractivity (Wildman–Crippen MR) is 140 cm³/mol. The number of nitrogens with one attached hydrogen (secondary N) is 1. The third-order valence-corrected chi connectivity index (χ3v) is 7.32. The van der Waals surface area contributed by atoms with Crippen LogP contribution in [0.25, 0.3) is 5.69 Å². The van der Waals surface area contributed by atoms with Crippen LogP contribution in [0.15, 0.2) is 77.8 Å². The van der Waals surface area contributed by atoms with Gasteiger partial charge in [0.05, 0.1) is 29.9 Å². The maximum Gasteiger partial charge on any atom is 0.248 e. The highest BCUT2D eigenvalue weighted by atomic mass is 32.2. The number of hydrogen-bond acceptors (Lipinski definition) is 5. The molecule has 194 valence electrons. The minimum Gasteiger partial charge on any atom is -0.496 e. The lowest BCUT2D eigenvalue weighted by Gasteiger charge is -2.30. The average Bonchev–Trinajstić information content (AvgIpc) is 3.17. The number of carbonyl (C=O) groups excluding carboxylic acids is 2. The molecule has 1 aromatic heterocycles. The fourth-order valence-corrected chi connectivity index (χ4v) is 5.59. The molecule has 3 aromatic carbocycles. The molecular formula is C28H24F2N4O3S. The van der Waals surface area contributed by atoms with Gasteiger partial charge >= 0.3 is 0 Å². The number of nitrogens with zero attached hydrogens (tertiary/aromatic N) is 3. The van der Waals surface area contributed by atoms with Crippen LogP contribution in [0.2, 0.25) is 0 Å². The molecule has 0 aliphatic carbocycles. The quantitative estimate of drug-likeness (QED) is 0.378. The van der Waals surface area contributed by atoms with Gasteiger partial charge < -0.3 is 10.1 Å². The molecule has 5 rings (SSSR count). The molecule has 38 heavy (non-hydrogen) atoms. The Morgan fingerprint density at radius 3 is 2.61 bits per heavy atom. The Hall–Kier alpha value is -4.18.